The van der Waals surface area contributed by atoms with E-state index in [1.165, 1.54) is 6.07 Å². The number of amides is 1. The molecule has 0 radical (unpaired) electrons. The van der Waals surface area contributed by atoms with Crippen molar-refractivity contribution in [1.29, 1.82) is 0 Å². The molecule has 0 unspecified atom stereocenters. The Kier molecular flexibility index (Phi) is 5.30. The molecule has 3 rings (SSSR count). The van der Waals surface area contributed by atoms with Gasteiger partial charge in [0.25, 0.3) is 16.0 Å². The SMILES string of the molecule is CS(=O)(=O)OCC1(CNC(=O)c2c(F)cccc2F)Cc2ccccc2C1. The smallest absolute Gasteiger partial charge is 0.264 e. The minimum Gasteiger partial charge on any atom is -0.351 e. The van der Waals surface area contributed by atoms with E-state index in [-0.39, 0.29) is 13.2 Å². The molecule has 1 amide bonds. The molecule has 0 saturated carbocycles. The normalized spacial score (nSPS) is 15.4. The first kappa shape index (κ1) is 19.4. The third-order valence-corrected chi connectivity index (χ3v) is 5.19. The third-order valence-electron chi connectivity index (χ3n) is 4.64. The maximum atomic E-state index is 13.8. The molecule has 0 spiro atoms. The van der Waals surface area contributed by atoms with Crippen molar-refractivity contribution < 1.29 is 26.2 Å². The van der Waals surface area contributed by atoms with Crippen molar-refractivity contribution in [3.05, 3.63) is 70.8 Å². The first-order valence-electron chi connectivity index (χ1n) is 8.33. The summed E-state index contributed by atoms with van der Waals surface area (Å²) in [6, 6.07) is 10.8. The van der Waals surface area contributed by atoms with Gasteiger partial charge in [0.05, 0.1) is 12.9 Å². The lowest BCUT2D eigenvalue weighted by molar-refractivity contribution is 0.0897. The third kappa shape index (κ3) is 4.51. The summed E-state index contributed by atoms with van der Waals surface area (Å²) in [6.07, 6.45) is 1.92. The second-order valence-corrected chi connectivity index (χ2v) is 8.51. The lowest BCUT2D eigenvalue weighted by atomic mass is 9.85. The lowest BCUT2D eigenvalue weighted by Crippen LogP contribution is -2.42. The highest BCUT2D eigenvalue weighted by molar-refractivity contribution is 7.85. The van der Waals surface area contributed by atoms with Gasteiger partial charge in [-0.2, -0.15) is 8.42 Å². The number of benzene rings is 2. The van der Waals surface area contributed by atoms with Crippen molar-refractivity contribution in [2.75, 3.05) is 19.4 Å². The Morgan fingerprint density at radius 3 is 2.15 bits per heavy atom. The van der Waals surface area contributed by atoms with Crippen LogP contribution in [-0.4, -0.2) is 33.7 Å². The van der Waals surface area contributed by atoms with Crippen molar-refractivity contribution in [3.63, 3.8) is 0 Å². The van der Waals surface area contributed by atoms with Crippen molar-refractivity contribution in [3.8, 4) is 0 Å². The van der Waals surface area contributed by atoms with Gasteiger partial charge in [-0.05, 0) is 36.1 Å². The molecule has 0 saturated heterocycles. The molecule has 1 aliphatic rings. The van der Waals surface area contributed by atoms with Gasteiger partial charge < -0.3 is 5.32 Å². The van der Waals surface area contributed by atoms with E-state index in [9.17, 15) is 22.0 Å². The highest BCUT2D eigenvalue weighted by Crippen LogP contribution is 2.37. The van der Waals surface area contributed by atoms with Gasteiger partial charge in [-0.15, -0.1) is 0 Å². The first-order valence-corrected chi connectivity index (χ1v) is 10.1. The highest BCUT2D eigenvalue weighted by Gasteiger charge is 2.39. The molecule has 2 aromatic carbocycles. The molecule has 0 bridgehead atoms. The molecule has 1 aliphatic carbocycles. The Labute approximate surface area is 156 Å². The molecule has 1 N–H and O–H groups in total. The predicted molar refractivity (Wildman–Crippen MR) is 95.8 cm³/mol. The number of hydrogen-bond donors (Lipinski definition) is 1. The maximum absolute atomic E-state index is 13.8. The summed E-state index contributed by atoms with van der Waals surface area (Å²) in [5.41, 5.74) is 0.679. The fourth-order valence-electron chi connectivity index (χ4n) is 3.35. The molecule has 0 aromatic heterocycles. The van der Waals surface area contributed by atoms with Crippen LogP contribution in [0.4, 0.5) is 8.78 Å². The molecule has 27 heavy (non-hydrogen) atoms. The second kappa shape index (κ2) is 7.36. The molecule has 0 heterocycles. The standard InChI is InChI=1S/C19H19F2NO4S/c1-27(24,25)26-12-19(9-13-5-2-3-6-14(13)10-19)11-22-18(23)17-15(20)7-4-8-16(17)21/h2-8H,9-12H2,1H3,(H,22,23). The van der Waals surface area contributed by atoms with E-state index in [4.69, 9.17) is 4.18 Å². The van der Waals surface area contributed by atoms with E-state index in [0.717, 1.165) is 29.5 Å². The summed E-state index contributed by atoms with van der Waals surface area (Å²) >= 11 is 0. The van der Waals surface area contributed by atoms with Crippen molar-refractivity contribution in [1.82, 2.24) is 5.32 Å². The zero-order valence-corrected chi connectivity index (χ0v) is 15.5. The molecule has 0 fully saturated rings. The molecule has 0 atom stereocenters. The maximum Gasteiger partial charge on any atom is 0.264 e. The van der Waals surface area contributed by atoms with Gasteiger partial charge in [0.1, 0.15) is 17.2 Å². The fraction of sp³-hybridized carbons (Fsp3) is 0.316. The molecule has 2 aromatic rings. The number of hydrogen-bond acceptors (Lipinski definition) is 4. The highest BCUT2D eigenvalue weighted by atomic mass is 32.2. The summed E-state index contributed by atoms with van der Waals surface area (Å²) < 4.78 is 55.5. The number of nitrogens with one attached hydrogen (secondary N) is 1. The van der Waals surface area contributed by atoms with E-state index in [0.29, 0.717) is 12.8 Å². The van der Waals surface area contributed by atoms with Crippen LogP contribution < -0.4 is 5.32 Å². The van der Waals surface area contributed by atoms with Crippen molar-refractivity contribution >= 4 is 16.0 Å². The van der Waals surface area contributed by atoms with Crippen LogP contribution in [0, 0.1) is 17.0 Å². The topological polar surface area (TPSA) is 72.5 Å². The summed E-state index contributed by atoms with van der Waals surface area (Å²) in [4.78, 5) is 12.3. The van der Waals surface area contributed by atoms with Crippen LogP contribution in [0.2, 0.25) is 0 Å². The molecular weight excluding hydrogens is 376 g/mol. The monoisotopic (exact) mass is 395 g/mol. The Morgan fingerprint density at radius 2 is 1.63 bits per heavy atom. The number of carbonyl (C=O) groups is 1. The molecule has 5 nitrogen and oxygen atoms in total. The van der Waals surface area contributed by atoms with Gasteiger partial charge in [0.15, 0.2) is 0 Å². The van der Waals surface area contributed by atoms with Crippen LogP contribution in [0.15, 0.2) is 42.5 Å². The molecule has 0 aliphatic heterocycles. The van der Waals surface area contributed by atoms with Gasteiger partial charge >= 0.3 is 0 Å². The molecule has 144 valence electrons. The quantitative estimate of drug-likeness (QED) is 0.763. The Hall–Kier alpha value is -2.32. The first-order chi connectivity index (χ1) is 12.7. The van der Waals surface area contributed by atoms with E-state index in [1.54, 1.807) is 0 Å². The molecular formula is C19H19F2NO4S. The van der Waals surface area contributed by atoms with Gasteiger partial charge in [0, 0.05) is 12.0 Å². The van der Waals surface area contributed by atoms with E-state index < -0.39 is 38.6 Å². The fourth-order valence-corrected chi connectivity index (χ4v) is 3.82. The van der Waals surface area contributed by atoms with Crippen LogP contribution in [0.25, 0.3) is 0 Å². The Bertz CT molecular complexity index is 930. The van der Waals surface area contributed by atoms with Crippen molar-refractivity contribution in [2.24, 2.45) is 5.41 Å². The average Bonchev–Trinajstić information content (AvgIpc) is 2.97. The summed E-state index contributed by atoms with van der Waals surface area (Å²) in [6.45, 7) is -0.121. The van der Waals surface area contributed by atoms with Gasteiger partial charge in [-0.3, -0.25) is 8.98 Å². The zero-order valence-electron chi connectivity index (χ0n) is 14.7. The second-order valence-electron chi connectivity index (χ2n) is 6.87. The van der Waals surface area contributed by atoms with E-state index in [1.807, 2.05) is 24.3 Å². The minimum atomic E-state index is -3.67. The lowest BCUT2D eigenvalue weighted by Gasteiger charge is -2.28. The minimum absolute atomic E-state index is 0.0177. The largest absolute Gasteiger partial charge is 0.351 e. The number of fused-ring (bicyclic) bond motifs is 1. The Morgan fingerprint density at radius 1 is 1.07 bits per heavy atom. The summed E-state index contributed by atoms with van der Waals surface area (Å²) in [5.74, 6) is -2.80. The summed E-state index contributed by atoms with van der Waals surface area (Å²) in [5, 5.41) is 2.54. The van der Waals surface area contributed by atoms with Gasteiger partial charge in [0.2, 0.25) is 0 Å². The predicted octanol–water partition coefficient (Wildman–Crippen LogP) is 2.46. The van der Waals surface area contributed by atoms with Crippen LogP contribution in [0.1, 0.15) is 21.5 Å². The average molecular weight is 395 g/mol. The summed E-state index contributed by atoms with van der Waals surface area (Å²) in [7, 11) is -3.67. The van der Waals surface area contributed by atoms with E-state index in [2.05, 4.69) is 5.32 Å². The number of halogens is 2. The Balaban J connectivity index is 1.80. The van der Waals surface area contributed by atoms with E-state index >= 15 is 0 Å². The molecule has 8 heteroatoms. The van der Waals surface area contributed by atoms with Gasteiger partial charge in [-0.25, -0.2) is 8.78 Å². The van der Waals surface area contributed by atoms with Crippen LogP contribution >= 0.6 is 0 Å². The van der Waals surface area contributed by atoms with Gasteiger partial charge in [-0.1, -0.05) is 30.3 Å². The van der Waals surface area contributed by atoms with Crippen LogP contribution in [0.3, 0.4) is 0 Å². The van der Waals surface area contributed by atoms with Crippen LogP contribution in [0.5, 0.6) is 0 Å². The van der Waals surface area contributed by atoms with Crippen LogP contribution in [-0.2, 0) is 27.1 Å². The number of rotatable bonds is 6. The zero-order chi connectivity index (χ0) is 19.7. The van der Waals surface area contributed by atoms with Crippen molar-refractivity contribution in [2.45, 2.75) is 12.8 Å². The number of carbonyl (C=O) groups excluding carboxylic acids is 1.